The van der Waals surface area contributed by atoms with Crippen LogP contribution in [0.15, 0.2) is 78.1 Å². The third-order valence-corrected chi connectivity index (χ3v) is 5.29. The molecule has 0 bridgehead atoms. The molecule has 29 heavy (non-hydrogen) atoms. The van der Waals surface area contributed by atoms with Crippen LogP contribution in [0.3, 0.4) is 0 Å². The van der Waals surface area contributed by atoms with Crippen LogP contribution in [-0.4, -0.2) is 28.9 Å². The summed E-state index contributed by atoms with van der Waals surface area (Å²) in [6.45, 7) is 0. The van der Waals surface area contributed by atoms with E-state index in [0.29, 0.717) is 5.69 Å². The summed E-state index contributed by atoms with van der Waals surface area (Å²) < 4.78 is 24.5. The molecule has 8 nitrogen and oxygen atoms in total. The number of nitrogens with one attached hydrogen (secondary N) is 1. The van der Waals surface area contributed by atoms with Crippen LogP contribution in [0.25, 0.3) is 16.8 Å². The first-order valence-corrected chi connectivity index (χ1v) is 10.2. The zero-order chi connectivity index (χ0) is 20.4. The normalized spacial score (nSPS) is 11.5. The lowest BCUT2D eigenvalue weighted by atomic mass is 10.0. The van der Waals surface area contributed by atoms with E-state index in [0.717, 1.165) is 22.3 Å². The summed E-state index contributed by atoms with van der Waals surface area (Å²) in [5, 5.41) is 11.9. The first-order valence-electron chi connectivity index (χ1n) is 8.70. The molecule has 0 radical (unpaired) electrons. The van der Waals surface area contributed by atoms with Gasteiger partial charge in [0.1, 0.15) is 6.33 Å². The number of hydrogen-bond acceptors (Lipinski definition) is 5. The second-order valence-corrected chi connectivity index (χ2v) is 8.03. The topological polar surface area (TPSA) is 119 Å². The van der Waals surface area contributed by atoms with Gasteiger partial charge in [-0.05, 0) is 47.0 Å². The lowest BCUT2D eigenvalue weighted by molar-refractivity contribution is -0.115. The van der Waals surface area contributed by atoms with Gasteiger partial charge in [0.05, 0.1) is 11.3 Å². The van der Waals surface area contributed by atoms with Crippen molar-refractivity contribution in [3.8, 4) is 11.1 Å². The van der Waals surface area contributed by atoms with Gasteiger partial charge in [0.15, 0.2) is 5.65 Å². The minimum atomic E-state index is -3.82. The van der Waals surface area contributed by atoms with Crippen LogP contribution in [0.1, 0.15) is 5.56 Å². The standard InChI is InChI=1S/C20H17N5O3S/c21-29(27,28)18-3-1-2-17(12-18)24-20(26)10-14-4-6-15(7-5-14)16-8-9-25-19(11-16)22-13-23-25/h1-9,11-13H,10H2,(H,24,26)(H2,21,27,28). The van der Waals surface area contributed by atoms with Crippen LogP contribution >= 0.6 is 0 Å². The summed E-state index contributed by atoms with van der Waals surface area (Å²) in [6, 6.07) is 17.4. The SMILES string of the molecule is NS(=O)(=O)c1cccc(NC(=O)Cc2ccc(-c3ccn4ncnc4c3)cc2)c1. The zero-order valence-corrected chi connectivity index (χ0v) is 16.0. The summed E-state index contributed by atoms with van der Waals surface area (Å²) in [6.07, 6.45) is 3.50. The highest BCUT2D eigenvalue weighted by Gasteiger charge is 2.10. The zero-order valence-electron chi connectivity index (χ0n) is 15.2. The summed E-state index contributed by atoms with van der Waals surface area (Å²) in [4.78, 5) is 16.4. The number of fused-ring (bicyclic) bond motifs is 1. The number of carbonyl (C=O) groups is 1. The number of primary sulfonamides is 1. The number of benzene rings is 2. The van der Waals surface area contributed by atoms with Crippen LogP contribution in [0.4, 0.5) is 5.69 Å². The van der Waals surface area contributed by atoms with Crippen LogP contribution in [0, 0.1) is 0 Å². The van der Waals surface area contributed by atoms with E-state index in [1.165, 1.54) is 24.5 Å². The molecule has 0 aliphatic carbocycles. The summed E-state index contributed by atoms with van der Waals surface area (Å²) >= 11 is 0. The van der Waals surface area contributed by atoms with Crippen molar-refractivity contribution in [2.24, 2.45) is 5.14 Å². The van der Waals surface area contributed by atoms with E-state index in [-0.39, 0.29) is 17.2 Å². The van der Waals surface area contributed by atoms with Gasteiger partial charge in [0, 0.05) is 11.9 Å². The number of rotatable bonds is 5. The van der Waals surface area contributed by atoms with E-state index in [2.05, 4.69) is 15.4 Å². The molecule has 0 fully saturated rings. The summed E-state index contributed by atoms with van der Waals surface area (Å²) in [5.41, 5.74) is 3.96. The number of hydrogen-bond donors (Lipinski definition) is 2. The minimum Gasteiger partial charge on any atom is -0.326 e. The summed E-state index contributed by atoms with van der Waals surface area (Å²) in [7, 11) is -3.82. The van der Waals surface area contributed by atoms with Crippen molar-refractivity contribution in [2.75, 3.05) is 5.32 Å². The van der Waals surface area contributed by atoms with Crippen LogP contribution in [0.2, 0.25) is 0 Å². The molecule has 0 saturated heterocycles. The molecule has 0 unspecified atom stereocenters. The molecule has 9 heteroatoms. The fourth-order valence-electron chi connectivity index (χ4n) is 2.95. The number of anilines is 1. The van der Waals surface area contributed by atoms with Crippen molar-refractivity contribution in [2.45, 2.75) is 11.3 Å². The molecular weight excluding hydrogens is 390 g/mol. The number of amides is 1. The monoisotopic (exact) mass is 407 g/mol. The average molecular weight is 407 g/mol. The smallest absolute Gasteiger partial charge is 0.238 e. The van der Waals surface area contributed by atoms with Gasteiger partial charge in [-0.3, -0.25) is 4.79 Å². The number of sulfonamides is 1. The molecule has 0 atom stereocenters. The molecule has 1 amide bonds. The molecule has 2 aromatic heterocycles. The predicted molar refractivity (Wildman–Crippen MR) is 109 cm³/mol. The Balaban J connectivity index is 1.45. The van der Waals surface area contributed by atoms with E-state index in [1.54, 1.807) is 10.6 Å². The Bertz CT molecular complexity index is 1300. The van der Waals surface area contributed by atoms with Gasteiger partial charge in [0.2, 0.25) is 15.9 Å². The highest BCUT2D eigenvalue weighted by molar-refractivity contribution is 7.89. The first kappa shape index (κ1) is 18.8. The van der Waals surface area contributed by atoms with E-state index in [1.807, 2.05) is 42.6 Å². The molecule has 0 aliphatic heterocycles. The number of aromatic nitrogens is 3. The second-order valence-electron chi connectivity index (χ2n) is 6.47. The van der Waals surface area contributed by atoms with Crippen molar-refractivity contribution in [1.82, 2.24) is 14.6 Å². The maximum atomic E-state index is 12.3. The molecule has 2 heterocycles. The first-order chi connectivity index (χ1) is 13.9. The molecule has 2 aromatic carbocycles. The van der Waals surface area contributed by atoms with Crippen molar-refractivity contribution in [1.29, 1.82) is 0 Å². The van der Waals surface area contributed by atoms with Crippen molar-refractivity contribution < 1.29 is 13.2 Å². The second kappa shape index (κ2) is 7.46. The quantitative estimate of drug-likeness (QED) is 0.526. The van der Waals surface area contributed by atoms with Gasteiger partial charge in [-0.25, -0.2) is 23.1 Å². The van der Waals surface area contributed by atoms with Gasteiger partial charge in [-0.15, -0.1) is 0 Å². The largest absolute Gasteiger partial charge is 0.326 e. The Morgan fingerprint density at radius 1 is 1.03 bits per heavy atom. The Morgan fingerprint density at radius 3 is 2.59 bits per heavy atom. The number of nitrogens with two attached hydrogens (primary N) is 1. The fraction of sp³-hybridized carbons (Fsp3) is 0.0500. The molecule has 3 N–H and O–H groups in total. The van der Waals surface area contributed by atoms with Gasteiger partial charge >= 0.3 is 0 Å². The predicted octanol–water partition coefficient (Wildman–Crippen LogP) is 2.22. The van der Waals surface area contributed by atoms with Crippen LogP contribution < -0.4 is 10.5 Å². The Morgan fingerprint density at radius 2 is 1.83 bits per heavy atom. The van der Waals surface area contributed by atoms with Gasteiger partial charge in [-0.1, -0.05) is 30.3 Å². The molecule has 0 aliphatic rings. The maximum absolute atomic E-state index is 12.3. The van der Waals surface area contributed by atoms with Gasteiger partial charge < -0.3 is 5.32 Å². The van der Waals surface area contributed by atoms with Gasteiger partial charge in [0.25, 0.3) is 0 Å². The van der Waals surface area contributed by atoms with E-state index in [9.17, 15) is 13.2 Å². The molecule has 4 rings (SSSR count). The molecule has 146 valence electrons. The van der Waals surface area contributed by atoms with Crippen molar-refractivity contribution in [3.63, 3.8) is 0 Å². The van der Waals surface area contributed by atoms with E-state index in [4.69, 9.17) is 5.14 Å². The molecular formula is C20H17N5O3S. The van der Waals surface area contributed by atoms with Crippen molar-refractivity contribution in [3.05, 3.63) is 78.8 Å². The fourth-order valence-corrected chi connectivity index (χ4v) is 3.51. The third kappa shape index (κ3) is 4.31. The van der Waals surface area contributed by atoms with Gasteiger partial charge in [-0.2, -0.15) is 5.10 Å². The highest BCUT2D eigenvalue weighted by Crippen LogP contribution is 2.21. The molecule has 4 aromatic rings. The van der Waals surface area contributed by atoms with E-state index < -0.39 is 10.0 Å². The number of nitrogens with zero attached hydrogens (tertiary/aromatic N) is 3. The number of carbonyl (C=O) groups excluding carboxylic acids is 1. The molecule has 0 spiro atoms. The van der Waals surface area contributed by atoms with Crippen LogP contribution in [-0.2, 0) is 21.2 Å². The lowest BCUT2D eigenvalue weighted by Crippen LogP contribution is -2.16. The Hall–Kier alpha value is -3.56. The lowest BCUT2D eigenvalue weighted by Gasteiger charge is -2.08. The third-order valence-electron chi connectivity index (χ3n) is 4.38. The average Bonchev–Trinajstić information content (AvgIpc) is 3.16. The Labute approximate surface area is 167 Å². The number of pyridine rings is 1. The maximum Gasteiger partial charge on any atom is 0.238 e. The van der Waals surface area contributed by atoms with Crippen LogP contribution in [0.5, 0.6) is 0 Å². The molecule has 0 saturated carbocycles. The van der Waals surface area contributed by atoms with Crippen molar-refractivity contribution >= 4 is 27.3 Å². The summed E-state index contributed by atoms with van der Waals surface area (Å²) in [5.74, 6) is -0.255. The van der Waals surface area contributed by atoms with E-state index >= 15 is 0 Å². The Kier molecular flexibility index (Phi) is 4.83. The minimum absolute atomic E-state index is 0.0516. The highest BCUT2D eigenvalue weighted by atomic mass is 32.2.